The van der Waals surface area contributed by atoms with Gasteiger partial charge in [0.1, 0.15) is 5.82 Å². The molecule has 2 aromatic rings. The molecule has 1 aromatic carbocycles. The Kier molecular flexibility index (Phi) is 3.21. The summed E-state index contributed by atoms with van der Waals surface area (Å²) in [5.41, 5.74) is 2.08. The minimum absolute atomic E-state index is 0.176. The van der Waals surface area contributed by atoms with Gasteiger partial charge in [0, 0.05) is 18.3 Å². The summed E-state index contributed by atoms with van der Waals surface area (Å²) in [7, 11) is -3.65. The maximum Gasteiger partial charge on any atom is 0.238 e. The third-order valence-electron chi connectivity index (χ3n) is 4.55. The number of anilines is 1. The topological polar surface area (TPSA) is 94.1 Å². The molecule has 0 saturated heterocycles. The highest BCUT2D eigenvalue weighted by molar-refractivity contribution is 7.89. The molecule has 0 spiro atoms. The summed E-state index contributed by atoms with van der Waals surface area (Å²) in [5, 5.41) is 13.7. The van der Waals surface area contributed by atoms with Crippen molar-refractivity contribution in [2.24, 2.45) is 5.14 Å². The van der Waals surface area contributed by atoms with Crippen LogP contribution in [0.2, 0.25) is 0 Å². The number of rotatable bonds is 4. The highest BCUT2D eigenvalue weighted by Crippen LogP contribution is 2.37. The van der Waals surface area contributed by atoms with Crippen LogP contribution in [-0.2, 0) is 23.0 Å². The number of nitrogens with two attached hydrogens (primary N) is 1. The summed E-state index contributed by atoms with van der Waals surface area (Å²) in [4.78, 5) is 2.40. The van der Waals surface area contributed by atoms with Gasteiger partial charge in [0.25, 0.3) is 0 Å². The number of aryl methyl sites for hydroxylation is 1. The molecule has 1 saturated carbocycles. The van der Waals surface area contributed by atoms with Crippen molar-refractivity contribution in [1.82, 2.24) is 14.8 Å². The minimum Gasteiger partial charge on any atom is -0.363 e. The van der Waals surface area contributed by atoms with Crippen LogP contribution in [0.25, 0.3) is 0 Å². The number of benzene rings is 1. The van der Waals surface area contributed by atoms with Gasteiger partial charge in [0.2, 0.25) is 10.0 Å². The number of primary sulfonamides is 1. The third-order valence-corrected chi connectivity index (χ3v) is 5.46. The van der Waals surface area contributed by atoms with Gasteiger partial charge < -0.3 is 9.47 Å². The first-order valence-corrected chi connectivity index (χ1v) is 9.29. The molecule has 1 aliphatic heterocycles. The van der Waals surface area contributed by atoms with E-state index in [1.807, 2.05) is 13.0 Å². The van der Waals surface area contributed by atoms with Gasteiger partial charge in [-0.1, -0.05) is 0 Å². The van der Waals surface area contributed by atoms with Crippen molar-refractivity contribution in [1.29, 1.82) is 0 Å². The Bertz CT molecular complexity index is 870. The van der Waals surface area contributed by atoms with Crippen LogP contribution in [0, 0.1) is 6.92 Å². The molecule has 2 aliphatic rings. The zero-order valence-electron chi connectivity index (χ0n) is 12.9. The van der Waals surface area contributed by atoms with Crippen molar-refractivity contribution in [3.8, 4) is 0 Å². The van der Waals surface area contributed by atoms with Crippen LogP contribution in [0.3, 0.4) is 0 Å². The molecule has 0 atom stereocenters. The van der Waals surface area contributed by atoms with Crippen molar-refractivity contribution < 1.29 is 8.42 Å². The molecule has 1 aromatic heterocycles. The van der Waals surface area contributed by atoms with E-state index in [0.29, 0.717) is 12.6 Å². The van der Waals surface area contributed by atoms with Gasteiger partial charge in [-0.3, -0.25) is 0 Å². The van der Waals surface area contributed by atoms with Crippen LogP contribution in [0.1, 0.15) is 36.1 Å². The first-order valence-electron chi connectivity index (χ1n) is 7.74. The Balaban J connectivity index is 1.62. The Labute approximate surface area is 135 Å². The second-order valence-corrected chi connectivity index (χ2v) is 7.83. The molecule has 4 rings (SSSR count). The molecular formula is C15H19N5O2S. The van der Waals surface area contributed by atoms with E-state index in [1.54, 1.807) is 12.1 Å². The summed E-state index contributed by atoms with van der Waals surface area (Å²) in [6.07, 6.45) is 3.20. The summed E-state index contributed by atoms with van der Waals surface area (Å²) in [6, 6.07) is 5.64. The lowest BCUT2D eigenvalue weighted by Gasteiger charge is -2.19. The van der Waals surface area contributed by atoms with Crippen LogP contribution in [0.5, 0.6) is 0 Å². The molecule has 0 radical (unpaired) electrons. The summed E-state index contributed by atoms with van der Waals surface area (Å²) >= 11 is 0. The number of nitrogens with zero attached hydrogens (tertiary/aromatic N) is 4. The summed E-state index contributed by atoms with van der Waals surface area (Å²) in [6.45, 7) is 3.53. The maximum absolute atomic E-state index is 11.5. The smallest absolute Gasteiger partial charge is 0.238 e. The molecule has 8 heteroatoms. The van der Waals surface area contributed by atoms with E-state index in [1.165, 1.54) is 12.8 Å². The Morgan fingerprint density at radius 3 is 2.78 bits per heavy atom. The number of sulfonamides is 1. The van der Waals surface area contributed by atoms with Crippen LogP contribution in [-0.4, -0.2) is 29.7 Å². The molecule has 122 valence electrons. The zero-order chi connectivity index (χ0) is 16.2. The molecule has 0 unspecified atom stereocenters. The molecule has 2 N–H and O–H groups in total. The lowest BCUT2D eigenvalue weighted by molar-refractivity contribution is 0.597. The molecule has 1 fully saturated rings. The quantitative estimate of drug-likeness (QED) is 0.905. The number of hydrogen-bond acceptors (Lipinski definition) is 5. The van der Waals surface area contributed by atoms with Gasteiger partial charge in [0.05, 0.1) is 11.4 Å². The Morgan fingerprint density at radius 2 is 2.09 bits per heavy atom. The fourth-order valence-electron chi connectivity index (χ4n) is 3.29. The third kappa shape index (κ3) is 2.61. The summed E-state index contributed by atoms with van der Waals surface area (Å²) < 4.78 is 25.2. The maximum atomic E-state index is 11.5. The lowest BCUT2D eigenvalue weighted by Crippen LogP contribution is -2.22. The van der Waals surface area contributed by atoms with Gasteiger partial charge in [-0.25, -0.2) is 13.6 Å². The fourth-order valence-corrected chi connectivity index (χ4v) is 3.85. The van der Waals surface area contributed by atoms with Crippen molar-refractivity contribution in [3.63, 3.8) is 0 Å². The average molecular weight is 333 g/mol. The predicted molar refractivity (Wildman–Crippen MR) is 85.6 cm³/mol. The van der Waals surface area contributed by atoms with Crippen LogP contribution >= 0.6 is 0 Å². The normalized spacial score (nSPS) is 17.6. The van der Waals surface area contributed by atoms with Crippen molar-refractivity contribution >= 4 is 15.7 Å². The molecular weight excluding hydrogens is 314 g/mol. The van der Waals surface area contributed by atoms with Gasteiger partial charge in [-0.05, 0) is 49.9 Å². The monoisotopic (exact) mass is 333 g/mol. The van der Waals surface area contributed by atoms with Gasteiger partial charge in [-0.2, -0.15) is 0 Å². The second-order valence-electron chi connectivity index (χ2n) is 6.27. The van der Waals surface area contributed by atoms with Crippen LogP contribution in [0.4, 0.5) is 5.69 Å². The zero-order valence-corrected chi connectivity index (χ0v) is 13.8. The molecule has 0 bridgehead atoms. The largest absolute Gasteiger partial charge is 0.363 e. The van der Waals surface area contributed by atoms with E-state index in [0.717, 1.165) is 35.9 Å². The lowest BCUT2D eigenvalue weighted by atomic mass is 10.2. The van der Waals surface area contributed by atoms with Crippen molar-refractivity contribution in [2.45, 2.75) is 43.7 Å². The minimum atomic E-state index is -3.65. The van der Waals surface area contributed by atoms with Crippen LogP contribution in [0.15, 0.2) is 23.1 Å². The SMILES string of the molecule is Cc1nnc(CN2CCc3cc(S(N)(=O)=O)ccc32)n1C1CC1. The highest BCUT2D eigenvalue weighted by atomic mass is 32.2. The van der Waals surface area contributed by atoms with Crippen molar-refractivity contribution in [2.75, 3.05) is 11.4 Å². The van der Waals surface area contributed by atoms with E-state index in [2.05, 4.69) is 19.7 Å². The van der Waals surface area contributed by atoms with Crippen molar-refractivity contribution in [3.05, 3.63) is 35.4 Å². The van der Waals surface area contributed by atoms with Gasteiger partial charge in [-0.15, -0.1) is 10.2 Å². The first-order chi connectivity index (χ1) is 10.9. The second kappa shape index (κ2) is 5.04. The molecule has 2 heterocycles. The number of aromatic nitrogens is 3. The number of fused-ring (bicyclic) bond motifs is 1. The van der Waals surface area contributed by atoms with Crippen LogP contribution < -0.4 is 10.0 Å². The predicted octanol–water partition coefficient (Wildman–Crippen LogP) is 1.13. The Hall–Kier alpha value is -1.93. The van der Waals surface area contributed by atoms with E-state index in [-0.39, 0.29) is 4.90 Å². The van der Waals surface area contributed by atoms with E-state index >= 15 is 0 Å². The van der Waals surface area contributed by atoms with Gasteiger partial charge >= 0.3 is 0 Å². The summed E-state index contributed by atoms with van der Waals surface area (Å²) in [5.74, 6) is 1.94. The molecule has 0 amide bonds. The average Bonchev–Trinajstić information content (AvgIpc) is 3.15. The Morgan fingerprint density at radius 1 is 1.30 bits per heavy atom. The van der Waals surface area contributed by atoms with E-state index in [4.69, 9.17) is 5.14 Å². The van der Waals surface area contributed by atoms with Gasteiger partial charge in [0.15, 0.2) is 5.82 Å². The number of hydrogen-bond donors (Lipinski definition) is 1. The highest BCUT2D eigenvalue weighted by Gasteiger charge is 2.30. The standard InChI is InChI=1S/C15H19N5O2S/c1-10-17-18-15(20(10)12-2-3-12)9-19-7-6-11-8-13(23(16,21)22)4-5-14(11)19/h4-5,8,12H,2-3,6-7,9H2,1H3,(H2,16,21,22). The fraction of sp³-hybridized carbons (Fsp3) is 0.467. The molecule has 23 heavy (non-hydrogen) atoms. The molecule has 1 aliphatic carbocycles. The first kappa shape index (κ1) is 14.6. The van der Waals surface area contributed by atoms with E-state index in [9.17, 15) is 8.42 Å². The molecule has 7 nitrogen and oxygen atoms in total. The van der Waals surface area contributed by atoms with E-state index < -0.39 is 10.0 Å².